The average Bonchev–Trinajstić information content (AvgIpc) is 2.42. The maximum Gasteiger partial charge on any atom is 0.242 e. The molecule has 0 fully saturated rings. The Morgan fingerprint density at radius 1 is 1.15 bits per heavy atom. The van der Waals surface area contributed by atoms with Gasteiger partial charge in [-0.25, -0.2) is 13.1 Å². The summed E-state index contributed by atoms with van der Waals surface area (Å²) in [5, 5.41) is 0.440. The van der Waals surface area contributed by atoms with E-state index in [4.69, 9.17) is 23.2 Å². The van der Waals surface area contributed by atoms with Crippen molar-refractivity contribution in [2.45, 2.75) is 17.9 Å². The fraction of sp³-hybridized carbons (Fsp3) is 0.154. The van der Waals surface area contributed by atoms with E-state index >= 15 is 0 Å². The molecule has 4 nitrogen and oxygen atoms in total. The highest BCUT2D eigenvalue weighted by Gasteiger charge is 2.21. The number of sulfonamides is 1. The summed E-state index contributed by atoms with van der Waals surface area (Å²) in [5.74, 6) is 0. The Labute approximate surface area is 127 Å². The topological polar surface area (TPSA) is 59.1 Å². The second-order valence-electron chi connectivity index (χ2n) is 4.20. The molecule has 0 aliphatic carbocycles. The Kier molecular flexibility index (Phi) is 4.65. The molecule has 0 aliphatic rings. The van der Waals surface area contributed by atoms with Crippen molar-refractivity contribution in [1.29, 1.82) is 0 Å². The van der Waals surface area contributed by atoms with E-state index in [-0.39, 0.29) is 9.92 Å². The molecule has 2 aromatic rings. The Bertz CT molecular complexity index is 706. The van der Waals surface area contributed by atoms with E-state index in [9.17, 15) is 8.42 Å². The number of nitrogens with zero attached hydrogens (tertiary/aromatic N) is 1. The lowest BCUT2D eigenvalue weighted by molar-refractivity contribution is 0.567. The summed E-state index contributed by atoms with van der Waals surface area (Å²) >= 11 is 11.7. The van der Waals surface area contributed by atoms with Crippen molar-refractivity contribution in [1.82, 2.24) is 9.71 Å². The zero-order valence-electron chi connectivity index (χ0n) is 10.5. The molecule has 0 saturated carbocycles. The number of hydrogen-bond acceptors (Lipinski definition) is 3. The van der Waals surface area contributed by atoms with Crippen molar-refractivity contribution in [2.75, 3.05) is 0 Å². The molecule has 0 unspecified atom stereocenters. The highest BCUT2D eigenvalue weighted by Crippen LogP contribution is 2.26. The molecular weight excluding hydrogens is 319 g/mol. The summed E-state index contributed by atoms with van der Waals surface area (Å²) in [7, 11) is -3.75. The van der Waals surface area contributed by atoms with Crippen molar-refractivity contribution in [2.24, 2.45) is 0 Å². The number of benzene rings is 1. The monoisotopic (exact) mass is 330 g/mol. The summed E-state index contributed by atoms with van der Waals surface area (Å²) < 4.78 is 27.2. The molecule has 0 radical (unpaired) electrons. The first-order valence-electron chi connectivity index (χ1n) is 5.77. The third-order valence-corrected chi connectivity index (χ3v) is 4.98. The van der Waals surface area contributed by atoms with Gasteiger partial charge < -0.3 is 0 Å². The minimum Gasteiger partial charge on any atom is -0.265 e. The van der Waals surface area contributed by atoms with E-state index in [0.717, 1.165) is 5.56 Å². The molecule has 1 heterocycles. The van der Waals surface area contributed by atoms with Gasteiger partial charge in [0.1, 0.15) is 4.90 Å². The second kappa shape index (κ2) is 6.10. The molecule has 0 aliphatic heterocycles. The fourth-order valence-corrected chi connectivity index (χ4v) is 3.69. The Hall–Kier alpha value is -1.14. The Morgan fingerprint density at radius 3 is 2.45 bits per heavy atom. The van der Waals surface area contributed by atoms with Crippen LogP contribution in [0.4, 0.5) is 0 Å². The quantitative estimate of drug-likeness (QED) is 0.934. The minimum atomic E-state index is -3.75. The summed E-state index contributed by atoms with van der Waals surface area (Å²) in [4.78, 5) is 3.86. The van der Waals surface area contributed by atoms with Gasteiger partial charge in [-0.3, -0.25) is 4.98 Å². The largest absolute Gasteiger partial charge is 0.265 e. The molecule has 1 aromatic heterocycles. The molecule has 0 saturated heterocycles. The maximum atomic E-state index is 12.3. The first kappa shape index (κ1) is 15.3. The Balaban J connectivity index is 2.30. The van der Waals surface area contributed by atoms with E-state index < -0.39 is 16.1 Å². The number of pyridine rings is 1. The van der Waals surface area contributed by atoms with Crippen molar-refractivity contribution in [3.05, 3.63) is 58.3 Å². The highest BCUT2D eigenvalue weighted by molar-refractivity contribution is 7.89. The Morgan fingerprint density at radius 2 is 1.80 bits per heavy atom. The lowest BCUT2D eigenvalue weighted by atomic mass is 10.1. The average molecular weight is 331 g/mol. The number of nitrogens with one attached hydrogen (secondary N) is 1. The van der Waals surface area contributed by atoms with Gasteiger partial charge in [-0.1, -0.05) is 23.2 Å². The van der Waals surface area contributed by atoms with Gasteiger partial charge >= 0.3 is 0 Å². The zero-order chi connectivity index (χ0) is 14.8. The van der Waals surface area contributed by atoms with Crippen LogP contribution in [-0.2, 0) is 10.0 Å². The van der Waals surface area contributed by atoms with Crippen molar-refractivity contribution >= 4 is 33.2 Å². The van der Waals surface area contributed by atoms with E-state index in [1.807, 2.05) is 0 Å². The normalized spacial score (nSPS) is 13.2. The lowest BCUT2D eigenvalue weighted by Gasteiger charge is -2.15. The summed E-state index contributed by atoms with van der Waals surface area (Å²) in [6.07, 6.45) is 3.21. The van der Waals surface area contributed by atoms with Gasteiger partial charge in [0.2, 0.25) is 10.0 Å². The molecule has 0 bridgehead atoms. The SMILES string of the molecule is C[C@@H](NS(=O)(=O)c1cc(Cl)ccc1Cl)c1ccncc1. The van der Waals surface area contributed by atoms with E-state index in [2.05, 4.69) is 9.71 Å². The summed E-state index contributed by atoms with van der Waals surface area (Å²) in [6.45, 7) is 1.74. The number of hydrogen-bond donors (Lipinski definition) is 1. The number of halogens is 2. The molecule has 0 spiro atoms. The van der Waals surface area contributed by atoms with Crippen LogP contribution in [0.2, 0.25) is 10.0 Å². The van der Waals surface area contributed by atoms with Gasteiger partial charge in [0.25, 0.3) is 0 Å². The predicted molar refractivity (Wildman–Crippen MR) is 79.4 cm³/mol. The molecule has 106 valence electrons. The summed E-state index contributed by atoms with van der Waals surface area (Å²) in [6, 6.07) is 7.40. The summed E-state index contributed by atoms with van der Waals surface area (Å²) in [5.41, 5.74) is 0.807. The van der Waals surface area contributed by atoms with E-state index in [0.29, 0.717) is 5.02 Å². The maximum absolute atomic E-state index is 12.3. The van der Waals surface area contributed by atoms with Crippen LogP contribution in [0.15, 0.2) is 47.6 Å². The van der Waals surface area contributed by atoms with Crippen LogP contribution < -0.4 is 4.72 Å². The molecule has 2 rings (SSSR count). The van der Waals surface area contributed by atoms with E-state index in [1.165, 1.54) is 18.2 Å². The molecule has 1 atom stereocenters. The lowest BCUT2D eigenvalue weighted by Crippen LogP contribution is -2.27. The number of aromatic nitrogens is 1. The van der Waals surface area contributed by atoms with Gasteiger partial charge in [0.15, 0.2) is 0 Å². The van der Waals surface area contributed by atoms with Crippen LogP contribution in [0.5, 0.6) is 0 Å². The van der Waals surface area contributed by atoms with Crippen LogP contribution in [0, 0.1) is 0 Å². The third kappa shape index (κ3) is 3.49. The standard InChI is InChI=1S/C13H12Cl2N2O2S/c1-9(10-4-6-16-7-5-10)17-20(18,19)13-8-11(14)2-3-12(13)15/h2-9,17H,1H3/t9-/m1/s1. The molecule has 1 aromatic carbocycles. The molecular formula is C13H12Cl2N2O2S. The highest BCUT2D eigenvalue weighted by atomic mass is 35.5. The van der Waals surface area contributed by atoms with Gasteiger partial charge in [-0.2, -0.15) is 0 Å². The first-order chi connectivity index (χ1) is 9.40. The van der Waals surface area contributed by atoms with Gasteiger partial charge in [-0.15, -0.1) is 0 Å². The van der Waals surface area contributed by atoms with Crippen LogP contribution >= 0.6 is 23.2 Å². The van der Waals surface area contributed by atoms with Crippen LogP contribution in [0.1, 0.15) is 18.5 Å². The molecule has 1 N–H and O–H groups in total. The predicted octanol–water partition coefficient (Wildman–Crippen LogP) is 3.43. The molecule has 0 amide bonds. The molecule has 7 heteroatoms. The third-order valence-electron chi connectivity index (χ3n) is 2.72. The smallest absolute Gasteiger partial charge is 0.242 e. The van der Waals surface area contributed by atoms with Crippen molar-refractivity contribution in [3.63, 3.8) is 0 Å². The van der Waals surface area contributed by atoms with Crippen LogP contribution in [0.25, 0.3) is 0 Å². The molecule has 20 heavy (non-hydrogen) atoms. The van der Waals surface area contributed by atoms with Crippen molar-refractivity contribution in [3.8, 4) is 0 Å². The van der Waals surface area contributed by atoms with Crippen LogP contribution in [-0.4, -0.2) is 13.4 Å². The number of rotatable bonds is 4. The van der Waals surface area contributed by atoms with Crippen LogP contribution in [0.3, 0.4) is 0 Å². The zero-order valence-corrected chi connectivity index (χ0v) is 12.9. The van der Waals surface area contributed by atoms with Gasteiger partial charge in [0, 0.05) is 23.5 Å². The van der Waals surface area contributed by atoms with E-state index in [1.54, 1.807) is 31.5 Å². The second-order valence-corrected chi connectivity index (χ2v) is 6.72. The first-order valence-corrected chi connectivity index (χ1v) is 8.01. The fourth-order valence-electron chi connectivity index (χ4n) is 1.70. The van der Waals surface area contributed by atoms with Crippen molar-refractivity contribution < 1.29 is 8.42 Å². The van der Waals surface area contributed by atoms with Gasteiger partial charge in [-0.05, 0) is 42.8 Å². The van der Waals surface area contributed by atoms with Gasteiger partial charge in [0.05, 0.1) is 5.02 Å². The minimum absolute atomic E-state index is 0.0347.